The van der Waals surface area contributed by atoms with Gasteiger partial charge in [0.2, 0.25) is 11.8 Å². The topological polar surface area (TPSA) is 149 Å². The summed E-state index contributed by atoms with van der Waals surface area (Å²) in [6.45, 7) is 1.66. The van der Waals surface area contributed by atoms with Gasteiger partial charge >= 0.3 is 0 Å². The SMILES string of the molecule is C/C(N)=N/N=C(\N)CNC(=O)CCCC(N)=O. The zero-order valence-electron chi connectivity index (χ0n) is 9.77. The summed E-state index contributed by atoms with van der Waals surface area (Å²) < 4.78 is 0. The molecule has 2 amide bonds. The van der Waals surface area contributed by atoms with Gasteiger partial charge < -0.3 is 22.5 Å². The standard InChI is InChI=1S/C9H18N6O2/c1-6(10)14-15-7(11)5-13-9(17)4-2-3-8(12)16/h2-5H2,1H3,(H2,10,14)(H2,11,15)(H2,12,16)(H,13,17). The molecular weight excluding hydrogens is 224 g/mol. The molecule has 17 heavy (non-hydrogen) atoms. The highest BCUT2D eigenvalue weighted by molar-refractivity contribution is 5.88. The lowest BCUT2D eigenvalue weighted by Crippen LogP contribution is -2.33. The summed E-state index contributed by atoms with van der Waals surface area (Å²) in [5, 5.41) is 9.63. The predicted molar refractivity (Wildman–Crippen MR) is 65.0 cm³/mol. The van der Waals surface area contributed by atoms with Crippen molar-refractivity contribution in [3.05, 3.63) is 0 Å². The fourth-order valence-electron chi connectivity index (χ4n) is 0.879. The van der Waals surface area contributed by atoms with Crippen LogP contribution >= 0.6 is 0 Å². The minimum Gasteiger partial charge on any atom is -0.386 e. The molecule has 8 nitrogen and oxygen atoms in total. The number of nitrogens with zero attached hydrogens (tertiary/aromatic N) is 2. The Morgan fingerprint density at radius 2 is 1.76 bits per heavy atom. The fraction of sp³-hybridized carbons (Fsp3) is 0.556. The minimum atomic E-state index is -0.424. The van der Waals surface area contributed by atoms with E-state index in [1.165, 1.54) is 0 Å². The van der Waals surface area contributed by atoms with E-state index in [0.717, 1.165) is 0 Å². The first kappa shape index (κ1) is 14.9. The number of carbonyl (C=O) groups is 2. The third-order valence-electron chi connectivity index (χ3n) is 1.63. The first-order valence-corrected chi connectivity index (χ1v) is 5.09. The van der Waals surface area contributed by atoms with Crippen LogP contribution in [0.5, 0.6) is 0 Å². The number of rotatable bonds is 7. The Morgan fingerprint density at radius 3 is 2.29 bits per heavy atom. The molecule has 0 unspecified atom stereocenters. The van der Waals surface area contributed by atoms with Gasteiger partial charge in [0.05, 0.1) is 6.54 Å². The van der Waals surface area contributed by atoms with Gasteiger partial charge in [0.15, 0.2) is 0 Å². The molecule has 0 aliphatic carbocycles. The van der Waals surface area contributed by atoms with Crippen LogP contribution in [0.1, 0.15) is 26.2 Å². The number of primary amides is 1. The smallest absolute Gasteiger partial charge is 0.220 e. The van der Waals surface area contributed by atoms with Crippen molar-refractivity contribution >= 4 is 23.5 Å². The molecule has 7 N–H and O–H groups in total. The summed E-state index contributed by atoms with van der Waals surface area (Å²) >= 11 is 0. The number of nitrogens with two attached hydrogens (primary N) is 3. The molecule has 0 radical (unpaired) electrons. The minimum absolute atomic E-state index is 0.0895. The first-order valence-electron chi connectivity index (χ1n) is 5.09. The van der Waals surface area contributed by atoms with Crippen LogP contribution in [-0.2, 0) is 9.59 Å². The van der Waals surface area contributed by atoms with E-state index in [1.54, 1.807) is 6.92 Å². The molecule has 0 fully saturated rings. The van der Waals surface area contributed by atoms with Gasteiger partial charge in [-0.15, -0.1) is 10.2 Å². The van der Waals surface area contributed by atoms with Gasteiger partial charge in [-0.2, -0.15) is 0 Å². The van der Waals surface area contributed by atoms with Crippen molar-refractivity contribution in [3.63, 3.8) is 0 Å². The van der Waals surface area contributed by atoms with Crippen molar-refractivity contribution in [1.29, 1.82) is 0 Å². The number of hydrogen-bond donors (Lipinski definition) is 4. The molecule has 0 rings (SSSR count). The summed E-state index contributed by atoms with van der Waals surface area (Å²) in [4.78, 5) is 21.7. The van der Waals surface area contributed by atoms with Gasteiger partial charge in [-0.1, -0.05) is 0 Å². The molecule has 0 saturated heterocycles. The highest BCUT2D eigenvalue weighted by atomic mass is 16.2. The maximum Gasteiger partial charge on any atom is 0.220 e. The molecule has 96 valence electrons. The average molecular weight is 242 g/mol. The summed E-state index contributed by atoms with van der Waals surface area (Å²) in [6.07, 6.45) is 0.821. The monoisotopic (exact) mass is 242 g/mol. The third kappa shape index (κ3) is 10.2. The maximum atomic E-state index is 11.2. The quantitative estimate of drug-likeness (QED) is 0.242. The number of amidine groups is 2. The molecular formula is C9H18N6O2. The highest BCUT2D eigenvalue weighted by Gasteiger charge is 2.03. The fourth-order valence-corrected chi connectivity index (χ4v) is 0.879. The molecule has 0 saturated carbocycles. The molecule has 0 aliphatic rings. The van der Waals surface area contributed by atoms with Gasteiger partial charge in [0, 0.05) is 12.8 Å². The maximum absolute atomic E-state index is 11.2. The van der Waals surface area contributed by atoms with Crippen LogP contribution in [0.15, 0.2) is 10.2 Å². The zero-order valence-corrected chi connectivity index (χ0v) is 9.77. The van der Waals surface area contributed by atoms with Crippen LogP contribution in [0.3, 0.4) is 0 Å². The Labute approximate surface area is 99.3 Å². The van der Waals surface area contributed by atoms with Crippen molar-refractivity contribution in [3.8, 4) is 0 Å². The van der Waals surface area contributed by atoms with Crippen molar-refractivity contribution in [2.24, 2.45) is 27.4 Å². The summed E-state index contributed by atoms with van der Waals surface area (Å²) in [7, 11) is 0. The predicted octanol–water partition coefficient (Wildman–Crippen LogP) is -1.59. The Morgan fingerprint density at radius 1 is 1.12 bits per heavy atom. The number of nitrogens with one attached hydrogen (secondary N) is 1. The second-order valence-corrected chi connectivity index (χ2v) is 3.43. The molecule has 0 aliphatic heterocycles. The van der Waals surface area contributed by atoms with Crippen LogP contribution in [-0.4, -0.2) is 30.0 Å². The molecule has 0 atom stereocenters. The molecule has 0 aromatic carbocycles. The van der Waals surface area contributed by atoms with Crippen molar-refractivity contribution in [1.82, 2.24) is 5.32 Å². The van der Waals surface area contributed by atoms with Crippen LogP contribution in [0, 0.1) is 0 Å². The van der Waals surface area contributed by atoms with E-state index in [4.69, 9.17) is 17.2 Å². The molecule has 8 heteroatoms. The van der Waals surface area contributed by atoms with E-state index in [9.17, 15) is 9.59 Å². The van der Waals surface area contributed by atoms with E-state index < -0.39 is 5.91 Å². The van der Waals surface area contributed by atoms with Gasteiger partial charge in [0.1, 0.15) is 11.7 Å². The summed E-state index contributed by atoms with van der Waals surface area (Å²) in [5.41, 5.74) is 15.6. The van der Waals surface area contributed by atoms with E-state index in [1.807, 2.05) is 0 Å². The molecule has 0 aromatic heterocycles. The molecule has 0 aromatic rings. The van der Waals surface area contributed by atoms with Gasteiger partial charge in [-0.05, 0) is 13.3 Å². The van der Waals surface area contributed by atoms with Gasteiger partial charge in [-0.25, -0.2) is 0 Å². The Kier molecular flexibility index (Phi) is 7.07. The lowest BCUT2D eigenvalue weighted by atomic mass is 10.2. The average Bonchev–Trinajstić information content (AvgIpc) is 2.23. The van der Waals surface area contributed by atoms with Crippen LogP contribution < -0.4 is 22.5 Å². The summed E-state index contributed by atoms with van der Waals surface area (Å²) in [6, 6.07) is 0. The summed E-state index contributed by atoms with van der Waals surface area (Å²) in [5.74, 6) is -0.219. The van der Waals surface area contributed by atoms with Crippen LogP contribution in [0.25, 0.3) is 0 Å². The highest BCUT2D eigenvalue weighted by Crippen LogP contribution is 1.93. The van der Waals surface area contributed by atoms with Crippen LogP contribution in [0.2, 0.25) is 0 Å². The number of amides is 2. The molecule has 0 bridgehead atoms. The number of carbonyl (C=O) groups excluding carboxylic acids is 2. The molecule has 0 spiro atoms. The first-order chi connectivity index (χ1) is 7.91. The Hall–Kier alpha value is -2.12. The third-order valence-corrected chi connectivity index (χ3v) is 1.63. The van der Waals surface area contributed by atoms with Crippen LogP contribution in [0.4, 0.5) is 0 Å². The largest absolute Gasteiger partial charge is 0.386 e. The van der Waals surface area contributed by atoms with Crippen molar-refractivity contribution in [2.75, 3.05) is 6.54 Å². The molecule has 0 heterocycles. The lowest BCUT2D eigenvalue weighted by Gasteiger charge is -2.03. The van der Waals surface area contributed by atoms with Crippen molar-refractivity contribution in [2.45, 2.75) is 26.2 Å². The van der Waals surface area contributed by atoms with E-state index in [2.05, 4.69) is 15.5 Å². The second kappa shape index (κ2) is 8.08. The Bertz CT molecular complexity index is 332. The van der Waals surface area contributed by atoms with E-state index in [0.29, 0.717) is 6.42 Å². The number of hydrogen-bond acceptors (Lipinski definition) is 4. The van der Waals surface area contributed by atoms with Gasteiger partial charge in [0.25, 0.3) is 0 Å². The van der Waals surface area contributed by atoms with E-state index in [-0.39, 0.29) is 37.0 Å². The second-order valence-electron chi connectivity index (χ2n) is 3.43. The normalized spacial score (nSPS) is 12.3. The Balaban J connectivity index is 3.80. The van der Waals surface area contributed by atoms with Crippen molar-refractivity contribution < 1.29 is 9.59 Å². The van der Waals surface area contributed by atoms with Gasteiger partial charge in [-0.3, -0.25) is 9.59 Å². The zero-order chi connectivity index (χ0) is 13.3. The van der Waals surface area contributed by atoms with E-state index >= 15 is 0 Å². The lowest BCUT2D eigenvalue weighted by molar-refractivity contribution is -0.121.